The maximum atomic E-state index is 8.40. The number of pyridine rings is 1. The molecule has 0 amide bonds. The lowest BCUT2D eigenvalue weighted by molar-refractivity contribution is 0.350. The molecule has 0 aromatic carbocycles. The summed E-state index contributed by atoms with van der Waals surface area (Å²) in [5.41, 5.74) is 0.848. The van der Waals surface area contributed by atoms with Gasteiger partial charge in [0.1, 0.15) is 11.2 Å². The molecule has 0 aliphatic heterocycles. The van der Waals surface area contributed by atoms with Crippen LogP contribution in [0.5, 0.6) is 0 Å². The summed E-state index contributed by atoms with van der Waals surface area (Å²) in [7, 11) is 0. The maximum absolute atomic E-state index is 8.40. The lowest BCUT2D eigenvalue weighted by Gasteiger charge is -1.89. The second kappa shape index (κ2) is 4.12. The van der Waals surface area contributed by atoms with Gasteiger partial charge in [-0.15, -0.1) is 0 Å². The predicted molar refractivity (Wildman–Crippen MR) is 45.9 cm³/mol. The summed E-state index contributed by atoms with van der Waals surface area (Å²) in [4.78, 5) is 3.93. The van der Waals surface area contributed by atoms with E-state index < -0.39 is 0 Å². The maximum Gasteiger partial charge on any atom is 0.107 e. The number of halogens is 1. The van der Waals surface area contributed by atoms with Crippen LogP contribution in [-0.4, -0.2) is 16.7 Å². The molecule has 11 heavy (non-hydrogen) atoms. The third kappa shape index (κ3) is 2.71. The fourth-order valence-corrected chi connectivity index (χ4v) is 0.987. The summed E-state index contributed by atoms with van der Waals surface area (Å²) in [5, 5.41) is 8.40. The van der Waals surface area contributed by atoms with E-state index in [1.807, 2.05) is 0 Å². The van der Waals surface area contributed by atoms with Gasteiger partial charge in [0.2, 0.25) is 0 Å². The number of aromatic nitrogens is 1. The minimum Gasteiger partial charge on any atom is -0.384 e. The van der Waals surface area contributed by atoms with Crippen molar-refractivity contribution in [3.05, 3.63) is 28.5 Å². The molecular weight excluding hydrogens is 206 g/mol. The summed E-state index contributed by atoms with van der Waals surface area (Å²) in [5.74, 6) is 5.31. The molecule has 0 fully saturated rings. The minimum atomic E-state index is -0.111. The smallest absolute Gasteiger partial charge is 0.107 e. The Morgan fingerprint density at radius 2 is 2.45 bits per heavy atom. The zero-order chi connectivity index (χ0) is 8.10. The van der Waals surface area contributed by atoms with Crippen LogP contribution in [0, 0.1) is 11.8 Å². The topological polar surface area (TPSA) is 33.1 Å². The quantitative estimate of drug-likeness (QED) is 0.517. The molecule has 0 saturated heterocycles. The lowest BCUT2D eigenvalue weighted by Crippen LogP contribution is -1.78. The van der Waals surface area contributed by atoms with E-state index in [4.69, 9.17) is 5.11 Å². The molecule has 0 saturated carbocycles. The van der Waals surface area contributed by atoms with Crippen molar-refractivity contribution in [2.75, 3.05) is 6.61 Å². The van der Waals surface area contributed by atoms with Crippen LogP contribution in [-0.2, 0) is 0 Å². The summed E-state index contributed by atoms with van der Waals surface area (Å²) in [6.07, 6.45) is 1.66. The van der Waals surface area contributed by atoms with Crippen LogP contribution in [0.25, 0.3) is 0 Å². The van der Waals surface area contributed by atoms with Gasteiger partial charge in [-0.1, -0.05) is 11.8 Å². The second-order valence-corrected chi connectivity index (χ2v) is 2.64. The van der Waals surface area contributed by atoms with Gasteiger partial charge < -0.3 is 5.11 Å². The van der Waals surface area contributed by atoms with Gasteiger partial charge in [-0.3, -0.25) is 0 Å². The molecule has 1 N–H and O–H groups in total. The molecular formula is C8H6BrNO. The number of aliphatic hydroxyl groups excluding tert-OH is 1. The first-order chi connectivity index (χ1) is 5.33. The highest BCUT2D eigenvalue weighted by molar-refractivity contribution is 9.10. The van der Waals surface area contributed by atoms with Crippen molar-refractivity contribution < 1.29 is 5.11 Å². The zero-order valence-electron chi connectivity index (χ0n) is 5.71. The molecule has 1 aromatic heterocycles. The Bertz CT molecular complexity index is 300. The molecule has 0 unspecified atom stereocenters. The third-order valence-corrected chi connectivity index (χ3v) is 1.47. The highest BCUT2D eigenvalue weighted by Gasteiger charge is 1.87. The fourth-order valence-electron chi connectivity index (χ4n) is 0.622. The van der Waals surface area contributed by atoms with Crippen LogP contribution in [0.1, 0.15) is 5.56 Å². The Hall–Kier alpha value is -0.850. The number of aliphatic hydroxyl groups is 1. The van der Waals surface area contributed by atoms with Crippen LogP contribution in [0.4, 0.5) is 0 Å². The van der Waals surface area contributed by atoms with Crippen molar-refractivity contribution in [2.45, 2.75) is 0 Å². The van der Waals surface area contributed by atoms with Crippen molar-refractivity contribution in [1.82, 2.24) is 4.98 Å². The van der Waals surface area contributed by atoms with Crippen molar-refractivity contribution in [3.63, 3.8) is 0 Å². The van der Waals surface area contributed by atoms with Crippen LogP contribution in [0.3, 0.4) is 0 Å². The molecule has 0 atom stereocenters. The molecule has 56 valence electrons. The normalized spacial score (nSPS) is 8.55. The highest BCUT2D eigenvalue weighted by atomic mass is 79.9. The molecule has 0 bridgehead atoms. The van der Waals surface area contributed by atoms with Gasteiger partial charge in [-0.05, 0) is 28.1 Å². The Morgan fingerprint density at radius 3 is 3.09 bits per heavy atom. The van der Waals surface area contributed by atoms with Gasteiger partial charge >= 0.3 is 0 Å². The van der Waals surface area contributed by atoms with Crippen LogP contribution < -0.4 is 0 Å². The Kier molecular flexibility index (Phi) is 3.09. The molecule has 0 radical (unpaired) electrons. The number of rotatable bonds is 0. The predicted octanol–water partition coefficient (Wildman–Crippen LogP) is 1.19. The third-order valence-electron chi connectivity index (χ3n) is 1.04. The van der Waals surface area contributed by atoms with E-state index in [0.29, 0.717) is 0 Å². The summed E-state index contributed by atoms with van der Waals surface area (Å²) < 4.78 is 0.752. The van der Waals surface area contributed by atoms with Crippen molar-refractivity contribution in [2.24, 2.45) is 0 Å². The summed E-state index contributed by atoms with van der Waals surface area (Å²) in [6.45, 7) is -0.111. The molecule has 0 aliphatic rings. The molecule has 1 aromatic rings. The fraction of sp³-hybridized carbons (Fsp3) is 0.125. The van der Waals surface area contributed by atoms with E-state index >= 15 is 0 Å². The summed E-state index contributed by atoms with van der Waals surface area (Å²) in [6, 6.07) is 3.58. The van der Waals surface area contributed by atoms with Gasteiger partial charge in [0.15, 0.2) is 0 Å². The van der Waals surface area contributed by atoms with Gasteiger partial charge in [0, 0.05) is 11.8 Å². The number of hydrogen-bond donors (Lipinski definition) is 1. The van der Waals surface area contributed by atoms with E-state index in [1.54, 1.807) is 18.3 Å². The highest BCUT2D eigenvalue weighted by Crippen LogP contribution is 2.06. The van der Waals surface area contributed by atoms with E-state index in [-0.39, 0.29) is 6.61 Å². The molecule has 1 rings (SSSR count). The molecule has 2 nitrogen and oxygen atoms in total. The molecule has 3 heteroatoms. The van der Waals surface area contributed by atoms with E-state index in [0.717, 1.165) is 10.2 Å². The van der Waals surface area contributed by atoms with Crippen LogP contribution in [0.15, 0.2) is 22.9 Å². The summed E-state index contributed by atoms with van der Waals surface area (Å²) >= 11 is 3.21. The minimum absolute atomic E-state index is 0.111. The van der Waals surface area contributed by atoms with Gasteiger partial charge in [0.25, 0.3) is 0 Å². The van der Waals surface area contributed by atoms with Gasteiger partial charge in [-0.2, -0.15) is 0 Å². The number of nitrogens with zero attached hydrogens (tertiary/aromatic N) is 1. The molecule has 1 heterocycles. The van der Waals surface area contributed by atoms with Crippen molar-refractivity contribution in [3.8, 4) is 11.8 Å². The average Bonchev–Trinajstić information content (AvgIpc) is 2.01. The van der Waals surface area contributed by atoms with Crippen molar-refractivity contribution in [1.29, 1.82) is 0 Å². The van der Waals surface area contributed by atoms with E-state index in [2.05, 4.69) is 32.8 Å². The van der Waals surface area contributed by atoms with Crippen LogP contribution in [0.2, 0.25) is 0 Å². The Balaban J connectivity index is 2.87. The van der Waals surface area contributed by atoms with Gasteiger partial charge in [0.05, 0.1) is 0 Å². The first-order valence-electron chi connectivity index (χ1n) is 3.04. The van der Waals surface area contributed by atoms with E-state index in [1.165, 1.54) is 0 Å². The van der Waals surface area contributed by atoms with Crippen molar-refractivity contribution >= 4 is 15.9 Å². The number of hydrogen-bond acceptors (Lipinski definition) is 2. The molecule has 0 aliphatic carbocycles. The Morgan fingerprint density at radius 1 is 1.64 bits per heavy atom. The second-order valence-electron chi connectivity index (χ2n) is 1.83. The first-order valence-corrected chi connectivity index (χ1v) is 3.83. The largest absolute Gasteiger partial charge is 0.384 e. The Labute approximate surface area is 73.4 Å². The monoisotopic (exact) mass is 211 g/mol. The standard InChI is InChI=1S/C8H6BrNO/c9-8-6-7(2-1-5-11)3-4-10-8/h3-4,6,11H,5H2. The zero-order valence-corrected chi connectivity index (χ0v) is 7.30. The lowest BCUT2D eigenvalue weighted by atomic mass is 10.3. The molecule has 0 spiro atoms. The van der Waals surface area contributed by atoms with Crippen LogP contribution >= 0.6 is 15.9 Å². The first kappa shape index (κ1) is 8.25. The van der Waals surface area contributed by atoms with E-state index in [9.17, 15) is 0 Å². The average molecular weight is 212 g/mol. The SMILES string of the molecule is OCC#Cc1ccnc(Br)c1. The van der Waals surface area contributed by atoms with Gasteiger partial charge in [-0.25, -0.2) is 4.98 Å².